The summed E-state index contributed by atoms with van der Waals surface area (Å²) in [4.78, 5) is 41.7. The Balaban J connectivity index is 2.01. The van der Waals surface area contributed by atoms with E-state index in [0.29, 0.717) is 11.3 Å². The Hall–Kier alpha value is -3.51. The van der Waals surface area contributed by atoms with Crippen molar-refractivity contribution in [2.75, 3.05) is 7.11 Å². The Morgan fingerprint density at radius 3 is 2.59 bits per heavy atom. The fourth-order valence-electron chi connectivity index (χ4n) is 3.09. The van der Waals surface area contributed by atoms with Crippen LogP contribution in [0.5, 0.6) is 0 Å². The molecule has 0 aromatic carbocycles. The highest BCUT2D eigenvalue weighted by molar-refractivity contribution is 7.12. The van der Waals surface area contributed by atoms with Crippen molar-refractivity contribution in [2.24, 2.45) is 0 Å². The predicted molar refractivity (Wildman–Crippen MR) is 107 cm³/mol. The topological polar surface area (TPSA) is 107 Å². The smallest absolute Gasteiger partial charge is 0.339 e. The van der Waals surface area contributed by atoms with E-state index >= 15 is 0 Å². The van der Waals surface area contributed by atoms with Crippen LogP contribution in [0.2, 0.25) is 0 Å². The molecule has 3 aromatic rings. The third-order valence-electron chi connectivity index (χ3n) is 4.47. The molecule has 0 amide bonds. The normalized spacial score (nSPS) is 10.6. The van der Waals surface area contributed by atoms with E-state index in [1.807, 2.05) is 30.7 Å². The summed E-state index contributed by atoms with van der Waals surface area (Å²) < 4.78 is 7.60. The molecule has 0 fully saturated rings. The van der Waals surface area contributed by atoms with Crippen LogP contribution in [0.4, 0.5) is 0 Å². The maximum atomic E-state index is 13.0. The van der Waals surface area contributed by atoms with Gasteiger partial charge >= 0.3 is 5.97 Å². The largest absolute Gasteiger partial charge is 0.465 e. The summed E-state index contributed by atoms with van der Waals surface area (Å²) in [5.74, 6) is -1.01. The number of ether oxygens (including phenoxy) is 1. The molecule has 3 heterocycles. The lowest BCUT2D eigenvalue weighted by Crippen LogP contribution is -2.27. The Morgan fingerprint density at radius 2 is 2.00 bits per heavy atom. The third kappa shape index (κ3) is 3.75. The zero-order chi connectivity index (χ0) is 21.3. The molecule has 3 aromatic heterocycles. The lowest BCUT2D eigenvalue weighted by atomic mass is 10.1. The van der Waals surface area contributed by atoms with Crippen molar-refractivity contribution < 1.29 is 14.3 Å². The number of methoxy groups -OCH3 is 1. The van der Waals surface area contributed by atoms with Gasteiger partial charge in [-0.2, -0.15) is 5.26 Å². The van der Waals surface area contributed by atoms with Gasteiger partial charge in [0.2, 0.25) is 0 Å². The highest BCUT2D eigenvalue weighted by atomic mass is 32.1. The van der Waals surface area contributed by atoms with E-state index in [-0.39, 0.29) is 23.5 Å². The van der Waals surface area contributed by atoms with Crippen molar-refractivity contribution in [2.45, 2.75) is 27.3 Å². The Labute approximate surface area is 170 Å². The Kier molecular flexibility index (Phi) is 5.48. The molecule has 9 heteroatoms. The number of ketones is 1. The molecule has 0 spiro atoms. The number of rotatable bonds is 5. The van der Waals surface area contributed by atoms with Crippen molar-refractivity contribution in [3.8, 4) is 11.2 Å². The fraction of sp³-hybridized carbons (Fsp3) is 0.250. The summed E-state index contributed by atoms with van der Waals surface area (Å²) >= 11 is 1.47. The van der Waals surface area contributed by atoms with Crippen LogP contribution in [-0.2, 0) is 11.3 Å². The third-order valence-corrected chi connectivity index (χ3v) is 5.41. The van der Waals surface area contributed by atoms with Gasteiger partial charge in [-0.15, -0.1) is 11.3 Å². The predicted octanol–water partition coefficient (Wildman–Crippen LogP) is 2.56. The molecule has 0 aliphatic carbocycles. The van der Waals surface area contributed by atoms with Gasteiger partial charge in [0.25, 0.3) is 5.56 Å². The number of thiazole rings is 1. The minimum absolute atomic E-state index is 0.0279. The summed E-state index contributed by atoms with van der Waals surface area (Å²) in [6, 6.07) is 4.66. The van der Waals surface area contributed by atoms with Crippen LogP contribution in [0.15, 0.2) is 28.5 Å². The van der Waals surface area contributed by atoms with Gasteiger partial charge in [-0.1, -0.05) is 0 Å². The molecule has 3 rings (SSSR count). The number of hydrogen-bond acceptors (Lipinski definition) is 7. The van der Waals surface area contributed by atoms with Crippen molar-refractivity contribution in [1.29, 1.82) is 5.26 Å². The number of carbonyl (C=O) groups is 2. The van der Waals surface area contributed by atoms with Gasteiger partial charge in [-0.05, 0) is 32.9 Å². The van der Waals surface area contributed by atoms with Gasteiger partial charge in [-0.3, -0.25) is 14.2 Å². The molecule has 0 saturated heterocycles. The number of aryl methyl sites for hydroxylation is 2. The zero-order valence-corrected chi connectivity index (χ0v) is 17.2. The first kappa shape index (κ1) is 20.2. The molecule has 0 saturated carbocycles. The van der Waals surface area contributed by atoms with Crippen LogP contribution in [0.1, 0.15) is 43.4 Å². The van der Waals surface area contributed by atoms with Crippen LogP contribution >= 0.6 is 11.3 Å². The summed E-state index contributed by atoms with van der Waals surface area (Å²) in [6.07, 6.45) is 1.23. The summed E-state index contributed by atoms with van der Waals surface area (Å²) in [6.45, 7) is 5.27. The van der Waals surface area contributed by atoms with E-state index in [1.165, 1.54) is 24.6 Å². The van der Waals surface area contributed by atoms with Gasteiger partial charge in [0.1, 0.15) is 11.6 Å². The van der Waals surface area contributed by atoms with Gasteiger partial charge in [0, 0.05) is 28.5 Å². The molecule has 0 bridgehead atoms. The molecular formula is C20H18N4O4S. The van der Waals surface area contributed by atoms with Gasteiger partial charge < -0.3 is 9.30 Å². The second-order valence-corrected chi connectivity index (χ2v) is 7.33. The van der Waals surface area contributed by atoms with Gasteiger partial charge in [-0.25, -0.2) is 9.78 Å². The monoisotopic (exact) mass is 410 g/mol. The SMILES string of the molecule is COC(=O)c1cc(C#N)c(=O)n(CC(=O)c2cc(C)n(-c3nc(C)cs3)c2C)c1. The zero-order valence-electron chi connectivity index (χ0n) is 16.3. The number of nitrogens with zero attached hydrogens (tertiary/aromatic N) is 4. The standard InChI is InChI=1S/C20H18N4O4S/c1-11-10-29-20(22-11)24-12(2)5-16(13(24)3)17(25)9-23-8-15(19(27)28-4)6-14(7-21)18(23)26/h5-6,8,10H,9H2,1-4H3. The minimum Gasteiger partial charge on any atom is -0.465 e. The van der Waals surface area contributed by atoms with Gasteiger partial charge in [0.15, 0.2) is 10.9 Å². The average molecular weight is 410 g/mol. The first-order valence-electron chi connectivity index (χ1n) is 8.64. The minimum atomic E-state index is -0.694. The summed E-state index contributed by atoms with van der Waals surface area (Å²) in [5.41, 5.74) is 2.04. The van der Waals surface area contributed by atoms with E-state index in [9.17, 15) is 19.6 Å². The Morgan fingerprint density at radius 1 is 1.28 bits per heavy atom. The lowest BCUT2D eigenvalue weighted by molar-refractivity contribution is 0.0599. The summed E-state index contributed by atoms with van der Waals surface area (Å²) in [7, 11) is 1.20. The number of nitriles is 1. The number of Topliss-reactive ketones (excluding diaryl/α,β-unsaturated/α-hetero) is 1. The molecule has 0 aliphatic rings. The number of carbonyl (C=O) groups excluding carboxylic acids is 2. The van der Waals surface area contributed by atoms with Crippen LogP contribution < -0.4 is 5.56 Å². The van der Waals surface area contributed by atoms with E-state index in [4.69, 9.17) is 0 Å². The lowest BCUT2D eigenvalue weighted by Gasteiger charge is -2.09. The van der Waals surface area contributed by atoms with E-state index in [1.54, 1.807) is 12.1 Å². The molecule has 0 radical (unpaired) electrons. The number of aromatic nitrogens is 3. The maximum Gasteiger partial charge on any atom is 0.339 e. The summed E-state index contributed by atoms with van der Waals surface area (Å²) in [5, 5.41) is 11.9. The molecular weight excluding hydrogens is 392 g/mol. The molecule has 0 unspecified atom stereocenters. The first-order chi connectivity index (χ1) is 13.8. The molecule has 0 atom stereocenters. The van der Waals surface area contributed by atoms with Crippen molar-refractivity contribution in [3.63, 3.8) is 0 Å². The molecule has 0 N–H and O–H groups in total. The van der Waals surface area contributed by atoms with Gasteiger partial charge in [0.05, 0.1) is 24.9 Å². The van der Waals surface area contributed by atoms with Crippen LogP contribution in [-0.4, -0.2) is 33.0 Å². The number of esters is 1. The molecule has 8 nitrogen and oxygen atoms in total. The first-order valence-corrected chi connectivity index (χ1v) is 9.52. The van der Waals surface area contributed by atoms with Crippen LogP contribution in [0.3, 0.4) is 0 Å². The fourth-order valence-corrected chi connectivity index (χ4v) is 4.00. The second kappa shape index (κ2) is 7.85. The second-order valence-electron chi connectivity index (χ2n) is 6.49. The van der Waals surface area contributed by atoms with Crippen molar-refractivity contribution in [1.82, 2.24) is 14.1 Å². The Bertz CT molecular complexity index is 1230. The van der Waals surface area contributed by atoms with E-state index in [2.05, 4.69) is 9.72 Å². The van der Waals surface area contributed by atoms with Crippen LogP contribution in [0, 0.1) is 32.1 Å². The van der Waals surface area contributed by atoms with E-state index in [0.717, 1.165) is 27.2 Å². The van der Waals surface area contributed by atoms with Crippen molar-refractivity contribution in [3.05, 3.63) is 67.8 Å². The number of hydrogen-bond donors (Lipinski definition) is 0. The molecule has 29 heavy (non-hydrogen) atoms. The quantitative estimate of drug-likeness (QED) is 0.473. The highest BCUT2D eigenvalue weighted by Crippen LogP contribution is 2.24. The van der Waals surface area contributed by atoms with Crippen molar-refractivity contribution >= 4 is 23.1 Å². The molecule has 0 aliphatic heterocycles. The average Bonchev–Trinajstić information content (AvgIpc) is 3.24. The number of pyridine rings is 1. The maximum absolute atomic E-state index is 13.0. The molecule has 148 valence electrons. The van der Waals surface area contributed by atoms with Crippen LogP contribution in [0.25, 0.3) is 5.13 Å². The highest BCUT2D eigenvalue weighted by Gasteiger charge is 2.20. The van der Waals surface area contributed by atoms with E-state index < -0.39 is 11.5 Å².